The van der Waals surface area contributed by atoms with E-state index in [9.17, 15) is 0 Å². The van der Waals surface area contributed by atoms with Crippen LogP contribution in [0, 0.1) is 0 Å². The molecule has 0 amide bonds. The van der Waals surface area contributed by atoms with E-state index in [2.05, 4.69) is 4.90 Å². The molecule has 0 radical (unpaired) electrons. The van der Waals surface area contributed by atoms with E-state index in [1.54, 1.807) is 0 Å². The Hall–Kier alpha value is -0.120. The molecule has 1 aliphatic heterocycles. The highest BCUT2D eigenvalue weighted by molar-refractivity contribution is 4.57. The maximum atomic E-state index is 8.96. The summed E-state index contributed by atoms with van der Waals surface area (Å²) in [6, 6.07) is 0. The molecule has 1 rings (SSSR count). The number of nitrogens with zero attached hydrogens (tertiary/aromatic N) is 1. The van der Waals surface area contributed by atoms with Crippen molar-refractivity contribution in [2.45, 2.75) is 12.7 Å². The summed E-state index contributed by atoms with van der Waals surface area (Å²) < 4.78 is 4.99. The molecule has 1 unspecified atom stereocenters. The fourth-order valence-electron chi connectivity index (χ4n) is 0.871. The summed E-state index contributed by atoms with van der Waals surface area (Å²) in [6.07, 6.45) is 0.200. The van der Waals surface area contributed by atoms with Gasteiger partial charge in [-0.3, -0.25) is 0 Å². The Balaban J connectivity index is 2.25. The third-order valence-corrected chi connectivity index (χ3v) is 1.54. The summed E-state index contributed by atoms with van der Waals surface area (Å²) >= 11 is 0. The van der Waals surface area contributed by atoms with Crippen molar-refractivity contribution in [1.29, 1.82) is 0 Å². The maximum Gasteiger partial charge on any atom is 0.155 e. The Morgan fingerprint density at radius 2 is 2.33 bits per heavy atom. The molecule has 9 heavy (non-hydrogen) atoms. The number of rotatable bonds is 0. The largest absolute Gasteiger partial charge is 0.368 e. The van der Waals surface area contributed by atoms with Gasteiger partial charge in [-0.05, 0) is 7.05 Å². The van der Waals surface area contributed by atoms with E-state index in [1.807, 2.05) is 7.05 Å². The molecule has 0 bridgehead atoms. The molecule has 0 aliphatic carbocycles. The predicted molar refractivity (Wildman–Crippen MR) is 34.1 cm³/mol. The molecule has 1 aliphatic rings. The lowest BCUT2D eigenvalue weighted by atomic mass is 10.4. The first-order valence-corrected chi connectivity index (χ1v) is 3.27. The molecular formula is C6H13NO2. The first kappa shape index (κ1) is 6.99. The minimum atomic E-state index is -0.532. The van der Waals surface area contributed by atoms with Crippen molar-refractivity contribution in [3.05, 3.63) is 0 Å². The van der Waals surface area contributed by atoms with Crippen LogP contribution in [0.5, 0.6) is 0 Å². The highest BCUT2D eigenvalue weighted by Crippen LogP contribution is 2.00. The summed E-state index contributed by atoms with van der Waals surface area (Å²) in [7, 11) is 2.03. The zero-order valence-corrected chi connectivity index (χ0v) is 5.71. The lowest BCUT2D eigenvalue weighted by Gasteiger charge is -2.09. The van der Waals surface area contributed by atoms with Gasteiger partial charge in [-0.1, -0.05) is 0 Å². The number of hydrogen-bond donors (Lipinski definition) is 1. The van der Waals surface area contributed by atoms with Crippen LogP contribution < -0.4 is 0 Å². The Kier molecular flexibility index (Phi) is 2.45. The summed E-state index contributed by atoms with van der Waals surface area (Å²) in [5.41, 5.74) is 0. The van der Waals surface area contributed by atoms with Gasteiger partial charge in [0.25, 0.3) is 0 Å². The summed E-state index contributed by atoms with van der Waals surface area (Å²) in [5.74, 6) is 0. The van der Waals surface area contributed by atoms with Crippen LogP contribution in [0.1, 0.15) is 6.42 Å². The predicted octanol–water partition coefficient (Wildman–Crippen LogP) is -0.343. The van der Waals surface area contributed by atoms with E-state index in [0.717, 1.165) is 19.5 Å². The SMILES string of the molecule is CN1CCOC(O)CC1. The van der Waals surface area contributed by atoms with Crippen LogP contribution in [0.25, 0.3) is 0 Å². The highest BCUT2D eigenvalue weighted by Gasteiger charge is 2.10. The van der Waals surface area contributed by atoms with Crippen molar-refractivity contribution in [2.24, 2.45) is 0 Å². The second-order valence-electron chi connectivity index (χ2n) is 2.42. The Morgan fingerprint density at radius 1 is 1.56 bits per heavy atom. The van der Waals surface area contributed by atoms with E-state index >= 15 is 0 Å². The second kappa shape index (κ2) is 3.15. The minimum Gasteiger partial charge on any atom is -0.368 e. The van der Waals surface area contributed by atoms with Crippen LogP contribution in [-0.4, -0.2) is 43.0 Å². The molecule has 3 heteroatoms. The molecule has 1 N–H and O–H groups in total. The highest BCUT2D eigenvalue weighted by atomic mass is 16.6. The monoisotopic (exact) mass is 131 g/mol. The van der Waals surface area contributed by atoms with Crippen LogP contribution in [-0.2, 0) is 4.74 Å². The Labute approximate surface area is 55.2 Å². The maximum absolute atomic E-state index is 8.96. The number of likely N-dealkylation sites (N-methyl/N-ethyl adjacent to an activating group) is 1. The zero-order chi connectivity index (χ0) is 6.69. The Bertz CT molecular complexity index is 77.1. The number of hydrogen-bond acceptors (Lipinski definition) is 3. The standard InChI is InChI=1S/C6H13NO2/c1-7-3-2-6(8)9-5-4-7/h6,8H,2-5H2,1H3. The van der Waals surface area contributed by atoms with Crippen molar-refractivity contribution in [1.82, 2.24) is 4.90 Å². The summed E-state index contributed by atoms with van der Waals surface area (Å²) in [5, 5.41) is 8.96. The number of aliphatic hydroxyl groups is 1. The fraction of sp³-hybridized carbons (Fsp3) is 1.00. The lowest BCUT2D eigenvalue weighted by molar-refractivity contribution is -0.0919. The van der Waals surface area contributed by atoms with Crippen LogP contribution in [0.15, 0.2) is 0 Å². The van der Waals surface area contributed by atoms with Crippen molar-refractivity contribution < 1.29 is 9.84 Å². The first-order chi connectivity index (χ1) is 4.29. The molecule has 1 atom stereocenters. The van der Waals surface area contributed by atoms with Gasteiger partial charge in [0.1, 0.15) is 0 Å². The van der Waals surface area contributed by atoms with E-state index in [0.29, 0.717) is 6.61 Å². The molecule has 54 valence electrons. The van der Waals surface area contributed by atoms with Gasteiger partial charge in [0.05, 0.1) is 6.61 Å². The molecule has 0 aromatic heterocycles. The van der Waals surface area contributed by atoms with Crippen LogP contribution in [0.4, 0.5) is 0 Å². The van der Waals surface area contributed by atoms with Crippen LogP contribution >= 0.6 is 0 Å². The number of ether oxygens (including phenoxy) is 1. The van der Waals surface area contributed by atoms with Crippen molar-refractivity contribution in [3.63, 3.8) is 0 Å². The zero-order valence-electron chi connectivity index (χ0n) is 5.71. The lowest BCUT2D eigenvalue weighted by Crippen LogP contribution is -2.20. The molecule has 1 saturated heterocycles. The average molecular weight is 131 g/mol. The van der Waals surface area contributed by atoms with Crippen molar-refractivity contribution >= 4 is 0 Å². The van der Waals surface area contributed by atoms with Gasteiger partial charge in [-0.15, -0.1) is 0 Å². The summed E-state index contributed by atoms with van der Waals surface area (Å²) in [6.45, 7) is 2.51. The molecule has 1 heterocycles. The van der Waals surface area contributed by atoms with Crippen molar-refractivity contribution in [2.75, 3.05) is 26.7 Å². The van der Waals surface area contributed by atoms with Crippen LogP contribution in [0.3, 0.4) is 0 Å². The normalized spacial score (nSPS) is 32.0. The number of aliphatic hydroxyl groups excluding tert-OH is 1. The van der Waals surface area contributed by atoms with Gasteiger partial charge < -0.3 is 14.7 Å². The van der Waals surface area contributed by atoms with Gasteiger partial charge in [-0.2, -0.15) is 0 Å². The van der Waals surface area contributed by atoms with Gasteiger partial charge in [0.2, 0.25) is 0 Å². The molecule has 3 nitrogen and oxygen atoms in total. The molecule has 1 fully saturated rings. The van der Waals surface area contributed by atoms with E-state index in [-0.39, 0.29) is 0 Å². The quantitative estimate of drug-likeness (QED) is 0.488. The van der Waals surface area contributed by atoms with Crippen molar-refractivity contribution in [3.8, 4) is 0 Å². The summed E-state index contributed by atoms with van der Waals surface area (Å²) in [4.78, 5) is 2.15. The average Bonchev–Trinajstić information content (AvgIpc) is 1.97. The Morgan fingerprint density at radius 3 is 3.11 bits per heavy atom. The molecule has 0 aromatic rings. The van der Waals surface area contributed by atoms with Gasteiger partial charge in [0.15, 0.2) is 6.29 Å². The van der Waals surface area contributed by atoms with Crippen LogP contribution in [0.2, 0.25) is 0 Å². The van der Waals surface area contributed by atoms with Gasteiger partial charge in [0, 0.05) is 19.5 Å². The topological polar surface area (TPSA) is 32.7 Å². The fourth-order valence-corrected chi connectivity index (χ4v) is 0.871. The minimum absolute atomic E-state index is 0.532. The van der Waals surface area contributed by atoms with E-state index < -0.39 is 6.29 Å². The third-order valence-electron chi connectivity index (χ3n) is 1.54. The molecule has 0 aromatic carbocycles. The van der Waals surface area contributed by atoms with E-state index in [4.69, 9.17) is 9.84 Å². The van der Waals surface area contributed by atoms with Gasteiger partial charge in [-0.25, -0.2) is 0 Å². The van der Waals surface area contributed by atoms with Gasteiger partial charge >= 0.3 is 0 Å². The molecular weight excluding hydrogens is 118 g/mol. The molecule has 0 saturated carbocycles. The third kappa shape index (κ3) is 2.30. The first-order valence-electron chi connectivity index (χ1n) is 3.27. The second-order valence-corrected chi connectivity index (χ2v) is 2.42. The van der Waals surface area contributed by atoms with E-state index in [1.165, 1.54) is 0 Å². The smallest absolute Gasteiger partial charge is 0.155 e. The molecule has 0 spiro atoms.